The fourth-order valence-corrected chi connectivity index (χ4v) is 5.24. The summed E-state index contributed by atoms with van der Waals surface area (Å²) >= 11 is 5.15. The summed E-state index contributed by atoms with van der Waals surface area (Å²) in [6.45, 7) is 7.20. The summed E-state index contributed by atoms with van der Waals surface area (Å²) in [5, 5.41) is 0.762. The number of rotatable bonds is 4. The average Bonchev–Trinajstić information content (AvgIpc) is 3.17. The first-order valence-corrected chi connectivity index (χ1v) is 10.8. The number of nitrogens with zero attached hydrogens (tertiary/aromatic N) is 2. The highest BCUT2D eigenvalue weighted by Gasteiger charge is 2.23. The van der Waals surface area contributed by atoms with Crippen LogP contribution < -0.4 is 15.0 Å². The quantitative estimate of drug-likeness (QED) is 0.537. The van der Waals surface area contributed by atoms with Crippen LogP contribution in [0, 0.1) is 13.8 Å². The van der Waals surface area contributed by atoms with Crippen LogP contribution in [-0.2, 0) is 6.54 Å². The Hall–Kier alpha value is -2.12. The fraction of sp³-hybridized carbons (Fsp3) is 0.333. The lowest BCUT2D eigenvalue weighted by Gasteiger charge is -2.12. The molecule has 2 aromatic heterocycles. The van der Waals surface area contributed by atoms with Crippen LogP contribution in [-0.4, -0.2) is 23.3 Å². The topological polar surface area (TPSA) is 53.4 Å². The molecule has 28 heavy (non-hydrogen) atoms. The number of methoxy groups -OCH3 is 1. The molecule has 0 N–H and O–H groups in total. The van der Waals surface area contributed by atoms with Gasteiger partial charge in [0, 0.05) is 11.4 Å². The number of aryl methyl sites for hydroxylation is 2. The van der Waals surface area contributed by atoms with Crippen LogP contribution in [0.4, 0.5) is 0 Å². The molecule has 7 heteroatoms. The van der Waals surface area contributed by atoms with Gasteiger partial charge in [-0.3, -0.25) is 9.36 Å². The number of benzene rings is 1. The monoisotopic (exact) mass is 460 g/mol. The second-order valence-corrected chi connectivity index (χ2v) is 8.80. The van der Waals surface area contributed by atoms with Crippen LogP contribution in [0.2, 0.25) is 0 Å². The van der Waals surface area contributed by atoms with Gasteiger partial charge in [-0.15, -0.1) is 11.3 Å². The Morgan fingerprint density at radius 2 is 2.14 bits per heavy atom. The van der Waals surface area contributed by atoms with Crippen LogP contribution in [0.3, 0.4) is 0 Å². The summed E-state index contributed by atoms with van der Waals surface area (Å²) in [7, 11) is 1.63. The number of allylic oxidation sites excluding steroid dienone is 1. The van der Waals surface area contributed by atoms with Gasteiger partial charge in [0.15, 0.2) is 11.5 Å². The van der Waals surface area contributed by atoms with Crippen molar-refractivity contribution < 1.29 is 9.47 Å². The highest BCUT2D eigenvalue weighted by Crippen LogP contribution is 2.38. The van der Waals surface area contributed by atoms with Crippen molar-refractivity contribution in [2.24, 2.45) is 0 Å². The number of hydrogen-bond donors (Lipinski definition) is 0. The molecule has 0 saturated carbocycles. The molecule has 0 spiro atoms. The van der Waals surface area contributed by atoms with Gasteiger partial charge in [-0.25, -0.2) is 4.98 Å². The van der Waals surface area contributed by atoms with Crippen LogP contribution in [0.15, 0.2) is 21.4 Å². The van der Waals surface area contributed by atoms with E-state index in [2.05, 4.69) is 22.0 Å². The first kappa shape index (κ1) is 19.2. The summed E-state index contributed by atoms with van der Waals surface area (Å²) in [5.74, 6) is 2.13. The molecular formula is C21H21BrN2O3S. The molecule has 4 rings (SSSR count). The van der Waals surface area contributed by atoms with Crippen LogP contribution in [0.1, 0.15) is 35.2 Å². The zero-order valence-electron chi connectivity index (χ0n) is 16.3. The maximum atomic E-state index is 13.0. The van der Waals surface area contributed by atoms with Gasteiger partial charge in [0.1, 0.15) is 10.7 Å². The van der Waals surface area contributed by atoms with Crippen molar-refractivity contribution >= 4 is 49.1 Å². The van der Waals surface area contributed by atoms with Crippen molar-refractivity contribution in [2.75, 3.05) is 13.7 Å². The lowest BCUT2D eigenvalue weighted by Crippen LogP contribution is -2.20. The summed E-state index contributed by atoms with van der Waals surface area (Å²) in [5.41, 5.74) is 3.15. The Labute approximate surface area is 175 Å². The molecule has 1 aliphatic heterocycles. The third-order valence-electron chi connectivity index (χ3n) is 5.06. The summed E-state index contributed by atoms with van der Waals surface area (Å²) in [4.78, 5) is 19.8. The molecular weight excluding hydrogens is 440 g/mol. The molecule has 0 unspecified atom stereocenters. The molecule has 0 fully saturated rings. The second kappa shape index (κ2) is 7.37. The van der Waals surface area contributed by atoms with Crippen molar-refractivity contribution in [3.8, 4) is 11.5 Å². The smallest absolute Gasteiger partial charge is 0.262 e. The van der Waals surface area contributed by atoms with Gasteiger partial charge in [-0.1, -0.05) is 0 Å². The van der Waals surface area contributed by atoms with E-state index in [-0.39, 0.29) is 5.56 Å². The molecule has 5 nitrogen and oxygen atoms in total. The van der Waals surface area contributed by atoms with Crippen molar-refractivity contribution in [2.45, 2.75) is 33.7 Å². The molecule has 1 aromatic carbocycles. The van der Waals surface area contributed by atoms with E-state index in [4.69, 9.17) is 14.5 Å². The molecule has 3 heterocycles. The normalized spacial score (nSPS) is 14.7. The summed E-state index contributed by atoms with van der Waals surface area (Å²) < 4.78 is 13.8. The largest absolute Gasteiger partial charge is 0.492 e. The van der Waals surface area contributed by atoms with Gasteiger partial charge in [-0.05, 0) is 78.0 Å². The van der Waals surface area contributed by atoms with E-state index >= 15 is 0 Å². The highest BCUT2D eigenvalue weighted by atomic mass is 79.9. The van der Waals surface area contributed by atoms with Gasteiger partial charge >= 0.3 is 0 Å². The molecule has 0 saturated heterocycles. The van der Waals surface area contributed by atoms with Crippen LogP contribution >= 0.6 is 27.3 Å². The van der Waals surface area contributed by atoms with Gasteiger partial charge < -0.3 is 9.47 Å². The van der Waals surface area contributed by atoms with Gasteiger partial charge in [0.05, 0.1) is 23.6 Å². The average molecular weight is 461 g/mol. The predicted octanol–water partition coefficient (Wildman–Crippen LogP) is 5.19. The minimum atomic E-state index is 0.0659. The molecule has 0 radical (unpaired) electrons. The zero-order chi connectivity index (χ0) is 20.0. The molecule has 0 atom stereocenters. The SMILES string of the molecule is CCOc1cc(/C=C2\CCn3c2nc2sc(C)c(C)c2c3=O)cc(Br)c1OC. The minimum Gasteiger partial charge on any atom is -0.492 e. The molecule has 146 valence electrons. The number of halogens is 1. The molecule has 0 bridgehead atoms. The zero-order valence-corrected chi connectivity index (χ0v) is 18.7. The number of thiophene rings is 1. The molecule has 0 aliphatic carbocycles. The van der Waals surface area contributed by atoms with E-state index in [0.29, 0.717) is 24.7 Å². The predicted molar refractivity (Wildman–Crippen MR) is 118 cm³/mol. The Bertz CT molecular complexity index is 1180. The lowest BCUT2D eigenvalue weighted by atomic mass is 10.1. The van der Waals surface area contributed by atoms with Gasteiger partial charge in [-0.2, -0.15) is 0 Å². The van der Waals surface area contributed by atoms with Crippen LogP contribution in [0.25, 0.3) is 21.9 Å². The maximum Gasteiger partial charge on any atom is 0.262 e. The Morgan fingerprint density at radius 1 is 1.36 bits per heavy atom. The number of aromatic nitrogens is 2. The summed E-state index contributed by atoms with van der Waals surface area (Å²) in [6.07, 6.45) is 2.86. The van der Waals surface area contributed by atoms with Crippen molar-refractivity contribution in [1.82, 2.24) is 9.55 Å². The van der Waals surface area contributed by atoms with Gasteiger partial charge in [0.25, 0.3) is 5.56 Å². The van der Waals surface area contributed by atoms with E-state index in [9.17, 15) is 4.79 Å². The number of fused-ring (bicyclic) bond motifs is 2. The third kappa shape index (κ3) is 3.06. The third-order valence-corrected chi connectivity index (χ3v) is 6.75. The Kier molecular flexibility index (Phi) is 5.05. The van der Waals surface area contributed by atoms with E-state index in [1.54, 1.807) is 23.0 Å². The second-order valence-electron chi connectivity index (χ2n) is 6.74. The van der Waals surface area contributed by atoms with Crippen molar-refractivity contribution in [3.63, 3.8) is 0 Å². The summed E-state index contributed by atoms with van der Waals surface area (Å²) in [6, 6.07) is 3.95. The Balaban J connectivity index is 1.84. The fourth-order valence-electron chi connectivity index (χ4n) is 3.59. The molecule has 3 aromatic rings. The standard InChI is InChI=1S/C21H21BrN2O3S/c1-5-27-16-10-13(9-15(22)18(16)26-4)8-14-6-7-24-19(14)23-20-17(21(24)25)11(2)12(3)28-20/h8-10H,5-7H2,1-4H3/b14-8+. The van der Waals surface area contributed by atoms with Crippen LogP contribution in [0.5, 0.6) is 11.5 Å². The maximum absolute atomic E-state index is 13.0. The van der Waals surface area contributed by atoms with E-state index in [1.807, 2.05) is 32.9 Å². The highest BCUT2D eigenvalue weighted by molar-refractivity contribution is 9.10. The first-order valence-electron chi connectivity index (χ1n) is 9.16. The first-order chi connectivity index (χ1) is 13.4. The van der Waals surface area contributed by atoms with Crippen molar-refractivity contribution in [3.05, 3.63) is 48.8 Å². The van der Waals surface area contributed by atoms with E-state index < -0.39 is 0 Å². The van der Waals surface area contributed by atoms with Gasteiger partial charge in [0.2, 0.25) is 0 Å². The van der Waals surface area contributed by atoms with E-state index in [1.165, 1.54) is 0 Å². The lowest BCUT2D eigenvalue weighted by molar-refractivity contribution is 0.310. The molecule has 1 aliphatic rings. The molecule has 0 amide bonds. The van der Waals surface area contributed by atoms with E-state index in [0.717, 1.165) is 48.5 Å². The minimum absolute atomic E-state index is 0.0659. The number of ether oxygens (including phenoxy) is 2. The van der Waals surface area contributed by atoms with Crippen molar-refractivity contribution in [1.29, 1.82) is 0 Å². The number of hydrogen-bond acceptors (Lipinski definition) is 5. The Morgan fingerprint density at radius 3 is 2.86 bits per heavy atom.